The van der Waals surface area contributed by atoms with Gasteiger partial charge >= 0.3 is 11.9 Å². The SMILES string of the molecule is COC(=O)c1cc(C(O)C(O)C(=O)O)ccc1O. The van der Waals surface area contributed by atoms with Crippen LogP contribution in [0.25, 0.3) is 0 Å². The number of benzene rings is 1. The molecule has 1 rings (SSSR count). The molecule has 0 heterocycles. The summed E-state index contributed by atoms with van der Waals surface area (Å²) in [4.78, 5) is 21.8. The standard InChI is InChI=1S/C11H12O7/c1-18-11(17)6-4-5(2-3-7(6)12)8(13)9(14)10(15)16/h2-4,8-9,12-14H,1H3,(H,15,16). The number of rotatable bonds is 4. The van der Waals surface area contributed by atoms with Gasteiger partial charge in [-0.25, -0.2) is 9.59 Å². The lowest BCUT2D eigenvalue weighted by molar-refractivity contribution is -0.153. The maximum absolute atomic E-state index is 11.3. The first kappa shape index (κ1) is 13.9. The fourth-order valence-electron chi connectivity index (χ4n) is 1.33. The molecule has 0 fully saturated rings. The number of aliphatic hydroxyl groups is 2. The van der Waals surface area contributed by atoms with Gasteiger partial charge in [0.2, 0.25) is 0 Å². The Bertz CT molecular complexity index is 468. The summed E-state index contributed by atoms with van der Waals surface area (Å²) in [7, 11) is 1.11. The Morgan fingerprint density at radius 1 is 1.28 bits per heavy atom. The van der Waals surface area contributed by atoms with E-state index in [1.807, 2.05) is 0 Å². The fraction of sp³-hybridized carbons (Fsp3) is 0.273. The third-order valence-electron chi connectivity index (χ3n) is 2.32. The molecule has 1 aromatic carbocycles. The molecule has 0 aliphatic heterocycles. The fourth-order valence-corrected chi connectivity index (χ4v) is 1.33. The number of carbonyl (C=O) groups excluding carboxylic acids is 1. The van der Waals surface area contributed by atoms with E-state index in [-0.39, 0.29) is 16.9 Å². The highest BCUT2D eigenvalue weighted by Gasteiger charge is 2.26. The molecule has 0 radical (unpaired) electrons. The van der Waals surface area contributed by atoms with Crippen molar-refractivity contribution < 1.29 is 34.8 Å². The molecular formula is C11H12O7. The number of phenolic OH excluding ortho intramolecular Hbond substituents is 1. The molecule has 0 amide bonds. The number of aliphatic carboxylic acids is 1. The number of aromatic hydroxyl groups is 1. The topological polar surface area (TPSA) is 124 Å². The van der Waals surface area contributed by atoms with E-state index in [9.17, 15) is 24.9 Å². The van der Waals surface area contributed by atoms with Crippen LogP contribution in [0.3, 0.4) is 0 Å². The zero-order chi connectivity index (χ0) is 13.9. The van der Waals surface area contributed by atoms with Gasteiger partial charge in [-0.3, -0.25) is 0 Å². The van der Waals surface area contributed by atoms with Crippen LogP contribution in [0.5, 0.6) is 5.75 Å². The summed E-state index contributed by atoms with van der Waals surface area (Å²) in [5.41, 5.74) is -0.255. The number of hydrogen-bond acceptors (Lipinski definition) is 6. The van der Waals surface area contributed by atoms with Crippen LogP contribution in [-0.4, -0.2) is 45.6 Å². The number of carboxylic acid groups (broad SMARTS) is 1. The number of aliphatic hydroxyl groups excluding tert-OH is 2. The second kappa shape index (κ2) is 5.48. The summed E-state index contributed by atoms with van der Waals surface area (Å²) in [6.45, 7) is 0. The van der Waals surface area contributed by atoms with Gasteiger partial charge in [0.05, 0.1) is 7.11 Å². The van der Waals surface area contributed by atoms with Crippen LogP contribution in [0.2, 0.25) is 0 Å². The Morgan fingerprint density at radius 3 is 2.39 bits per heavy atom. The van der Waals surface area contributed by atoms with Crippen LogP contribution in [0.4, 0.5) is 0 Å². The van der Waals surface area contributed by atoms with Crippen LogP contribution < -0.4 is 0 Å². The van der Waals surface area contributed by atoms with Crippen LogP contribution in [0.15, 0.2) is 18.2 Å². The van der Waals surface area contributed by atoms with E-state index in [2.05, 4.69) is 4.74 Å². The lowest BCUT2D eigenvalue weighted by Gasteiger charge is -2.15. The van der Waals surface area contributed by atoms with Crippen LogP contribution in [-0.2, 0) is 9.53 Å². The van der Waals surface area contributed by atoms with Crippen molar-refractivity contribution in [3.63, 3.8) is 0 Å². The van der Waals surface area contributed by atoms with Gasteiger partial charge in [-0.1, -0.05) is 6.07 Å². The second-order valence-electron chi connectivity index (χ2n) is 3.50. The highest BCUT2D eigenvalue weighted by molar-refractivity contribution is 5.92. The molecule has 18 heavy (non-hydrogen) atoms. The highest BCUT2D eigenvalue weighted by atomic mass is 16.5. The van der Waals surface area contributed by atoms with Crippen LogP contribution in [0, 0.1) is 0 Å². The zero-order valence-corrected chi connectivity index (χ0v) is 9.40. The summed E-state index contributed by atoms with van der Waals surface area (Å²) in [6, 6.07) is 3.34. The first-order valence-corrected chi connectivity index (χ1v) is 4.88. The third kappa shape index (κ3) is 2.76. The molecule has 2 unspecified atom stereocenters. The zero-order valence-electron chi connectivity index (χ0n) is 9.40. The van der Waals surface area contributed by atoms with E-state index in [1.165, 1.54) is 6.07 Å². The van der Waals surface area contributed by atoms with Crippen LogP contribution in [0.1, 0.15) is 22.0 Å². The van der Waals surface area contributed by atoms with Crippen molar-refractivity contribution in [2.45, 2.75) is 12.2 Å². The molecule has 4 N–H and O–H groups in total. The summed E-state index contributed by atoms with van der Waals surface area (Å²) in [5, 5.41) is 36.7. The minimum Gasteiger partial charge on any atom is -0.507 e. The van der Waals surface area contributed by atoms with Crippen molar-refractivity contribution in [3.8, 4) is 5.75 Å². The number of carboxylic acids is 1. The van der Waals surface area contributed by atoms with Gasteiger partial charge in [0.1, 0.15) is 17.4 Å². The molecule has 1 aromatic rings. The molecule has 7 heteroatoms. The monoisotopic (exact) mass is 256 g/mol. The molecular weight excluding hydrogens is 244 g/mol. The number of esters is 1. The lowest BCUT2D eigenvalue weighted by Crippen LogP contribution is -2.27. The lowest BCUT2D eigenvalue weighted by atomic mass is 10.0. The predicted molar refractivity (Wildman–Crippen MR) is 58.0 cm³/mol. The van der Waals surface area contributed by atoms with Crippen molar-refractivity contribution in [2.24, 2.45) is 0 Å². The third-order valence-corrected chi connectivity index (χ3v) is 2.32. The van der Waals surface area contributed by atoms with Gasteiger partial charge in [0.15, 0.2) is 6.10 Å². The van der Waals surface area contributed by atoms with Gasteiger partial charge in [-0.15, -0.1) is 0 Å². The van der Waals surface area contributed by atoms with Crippen molar-refractivity contribution in [3.05, 3.63) is 29.3 Å². The van der Waals surface area contributed by atoms with Gasteiger partial charge in [0.25, 0.3) is 0 Å². The Balaban J connectivity index is 3.12. The summed E-state index contributed by atoms with van der Waals surface area (Å²) < 4.78 is 4.40. The largest absolute Gasteiger partial charge is 0.507 e. The highest BCUT2D eigenvalue weighted by Crippen LogP contribution is 2.24. The number of methoxy groups -OCH3 is 1. The number of hydrogen-bond donors (Lipinski definition) is 4. The average molecular weight is 256 g/mol. The average Bonchev–Trinajstić information content (AvgIpc) is 2.36. The Morgan fingerprint density at radius 2 is 1.89 bits per heavy atom. The van der Waals surface area contributed by atoms with Gasteiger partial charge < -0.3 is 25.2 Å². The van der Waals surface area contributed by atoms with E-state index in [4.69, 9.17) is 5.11 Å². The first-order chi connectivity index (χ1) is 8.38. The second-order valence-corrected chi connectivity index (χ2v) is 3.50. The molecule has 7 nitrogen and oxygen atoms in total. The van der Waals surface area contributed by atoms with Crippen LogP contribution >= 0.6 is 0 Å². The smallest absolute Gasteiger partial charge is 0.341 e. The molecule has 0 saturated heterocycles. The maximum Gasteiger partial charge on any atom is 0.341 e. The van der Waals surface area contributed by atoms with Crippen molar-refractivity contribution in [2.75, 3.05) is 7.11 Å². The molecule has 0 bridgehead atoms. The molecule has 98 valence electrons. The minimum absolute atomic E-state index is 0.0249. The Hall–Kier alpha value is -2.12. The number of phenols is 1. The summed E-state index contributed by atoms with van der Waals surface area (Å²) in [5.74, 6) is -2.82. The molecule has 0 saturated carbocycles. The normalized spacial score (nSPS) is 13.7. The number of ether oxygens (including phenoxy) is 1. The van der Waals surface area contributed by atoms with E-state index < -0.39 is 24.1 Å². The van der Waals surface area contributed by atoms with E-state index in [1.54, 1.807) is 0 Å². The molecule has 0 aromatic heterocycles. The first-order valence-electron chi connectivity index (χ1n) is 4.88. The van der Waals surface area contributed by atoms with Crippen molar-refractivity contribution >= 4 is 11.9 Å². The van der Waals surface area contributed by atoms with E-state index >= 15 is 0 Å². The molecule has 0 aliphatic carbocycles. The maximum atomic E-state index is 11.3. The number of carbonyl (C=O) groups is 2. The van der Waals surface area contributed by atoms with Crippen molar-refractivity contribution in [1.82, 2.24) is 0 Å². The summed E-state index contributed by atoms with van der Waals surface area (Å²) >= 11 is 0. The quantitative estimate of drug-likeness (QED) is 0.543. The van der Waals surface area contributed by atoms with Gasteiger partial charge in [-0.2, -0.15) is 0 Å². The van der Waals surface area contributed by atoms with Gasteiger partial charge in [-0.05, 0) is 17.7 Å². The van der Waals surface area contributed by atoms with Gasteiger partial charge in [0, 0.05) is 0 Å². The minimum atomic E-state index is -2.03. The Labute approximate surface area is 102 Å². The van der Waals surface area contributed by atoms with E-state index in [0.29, 0.717) is 0 Å². The van der Waals surface area contributed by atoms with Crippen molar-refractivity contribution in [1.29, 1.82) is 0 Å². The predicted octanol–water partition coefficient (Wildman–Crippen LogP) is -0.342. The molecule has 0 aliphatic rings. The van der Waals surface area contributed by atoms with E-state index in [0.717, 1.165) is 19.2 Å². The molecule has 2 atom stereocenters. The Kier molecular flexibility index (Phi) is 4.24. The summed E-state index contributed by atoms with van der Waals surface area (Å²) in [6.07, 6.45) is -3.74. The molecule has 0 spiro atoms.